The fourth-order valence-electron chi connectivity index (χ4n) is 2.43. The van der Waals surface area contributed by atoms with E-state index >= 15 is 0 Å². The maximum absolute atomic E-state index is 12.4. The van der Waals surface area contributed by atoms with E-state index in [2.05, 4.69) is 10.2 Å². The van der Waals surface area contributed by atoms with Crippen LogP contribution in [-0.2, 0) is 0 Å². The molecule has 20 heavy (non-hydrogen) atoms. The second-order valence-corrected chi connectivity index (χ2v) is 7.78. The Balaban J connectivity index is 1.73. The number of thiophene rings is 1. The lowest BCUT2D eigenvalue weighted by Crippen LogP contribution is -2.38. The number of aromatic nitrogens is 2. The number of likely N-dealkylation sites (tertiary alicyclic amines) is 1. The molecule has 0 aromatic carbocycles. The summed E-state index contributed by atoms with van der Waals surface area (Å²) in [4.78, 5) is 15.1. The van der Waals surface area contributed by atoms with Crippen LogP contribution in [0.15, 0.2) is 12.1 Å². The smallest absolute Gasteiger partial charge is 0.263 e. The molecule has 2 aromatic rings. The van der Waals surface area contributed by atoms with Crippen molar-refractivity contribution in [3.8, 4) is 0 Å². The van der Waals surface area contributed by atoms with Gasteiger partial charge < -0.3 is 4.90 Å². The van der Waals surface area contributed by atoms with Crippen molar-refractivity contribution in [2.45, 2.75) is 25.7 Å². The van der Waals surface area contributed by atoms with Crippen molar-refractivity contribution in [2.24, 2.45) is 0 Å². The average Bonchev–Trinajstić information content (AvgIpc) is 3.07. The molecule has 0 bridgehead atoms. The van der Waals surface area contributed by atoms with E-state index in [0.717, 1.165) is 35.9 Å². The van der Waals surface area contributed by atoms with Crippen LogP contribution in [0.5, 0.6) is 0 Å². The third-order valence-electron chi connectivity index (χ3n) is 3.38. The van der Waals surface area contributed by atoms with Crippen molar-refractivity contribution in [1.82, 2.24) is 15.1 Å². The maximum atomic E-state index is 12.4. The minimum atomic E-state index is 0.0767. The summed E-state index contributed by atoms with van der Waals surface area (Å²) in [6.45, 7) is 3.49. The van der Waals surface area contributed by atoms with E-state index in [-0.39, 0.29) is 5.91 Å². The molecule has 0 spiro atoms. The second-order valence-electron chi connectivity index (χ2n) is 4.85. The Morgan fingerprint density at radius 3 is 2.90 bits per heavy atom. The first-order chi connectivity index (χ1) is 9.63. The van der Waals surface area contributed by atoms with E-state index in [9.17, 15) is 4.79 Å². The highest BCUT2D eigenvalue weighted by atomic mass is 35.5. The lowest BCUT2D eigenvalue weighted by atomic mass is 9.98. The molecular weight excluding hydrogens is 314 g/mol. The molecule has 0 saturated carbocycles. The minimum Gasteiger partial charge on any atom is -0.337 e. The lowest BCUT2D eigenvalue weighted by molar-refractivity contribution is 0.0712. The third kappa shape index (κ3) is 2.87. The standard InChI is InChI=1S/C13H14ClN3OS2/c1-8-15-16-12(19-8)9-3-2-6-17(7-9)13(18)10-4-5-11(14)20-10/h4-5,9H,2-3,6-7H2,1H3/t9-/m1/s1. The number of nitrogens with zero attached hydrogens (tertiary/aromatic N) is 3. The highest BCUT2D eigenvalue weighted by Crippen LogP contribution is 2.30. The number of piperidine rings is 1. The van der Waals surface area contributed by atoms with Gasteiger partial charge in [0.2, 0.25) is 0 Å². The Morgan fingerprint density at radius 2 is 2.25 bits per heavy atom. The molecule has 0 N–H and O–H groups in total. The Bertz CT molecular complexity index is 625. The predicted octanol–water partition coefficient (Wildman–Crippen LogP) is 3.58. The fraction of sp³-hybridized carbons (Fsp3) is 0.462. The molecule has 1 atom stereocenters. The van der Waals surface area contributed by atoms with Gasteiger partial charge in [-0.15, -0.1) is 32.9 Å². The first-order valence-electron chi connectivity index (χ1n) is 6.48. The van der Waals surface area contributed by atoms with Gasteiger partial charge in [-0.1, -0.05) is 11.6 Å². The summed E-state index contributed by atoms with van der Waals surface area (Å²) in [7, 11) is 0. The maximum Gasteiger partial charge on any atom is 0.263 e. The van der Waals surface area contributed by atoms with Crippen LogP contribution in [0.4, 0.5) is 0 Å². The highest BCUT2D eigenvalue weighted by Gasteiger charge is 2.28. The monoisotopic (exact) mass is 327 g/mol. The van der Waals surface area contributed by atoms with Crippen LogP contribution >= 0.6 is 34.3 Å². The molecule has 3 rings (SSSR count). The summed E-state index contributed by atoms with van der Waals surface area (Å²) in [6.07, 6.45) is 2.08. The van der Waals surface area contributed by atoms with Crippen molar-refractivity contribution in [3.05, 3.63) is 31.4 Å². The number of halogens is 1. The molecule has 1 fully saturated rings. The van der Waals surface area contributed by atoms with Crippen molar-refractivity contribution < 1.29 is 4.79 Å². The van der Waals surface area contributed by atoms with E-state index in [1.807, 2.05) is 11.8 Å². The topological polar surface area (TPSA) is 46.1 Å². The summed E-state index contributed by atoms with van der Waals surface area (Å²) in [5.41, 5.74) is 0. The lowest BCUT2D eigenvalue weighted by Gasteiger charge is -2.31. The molecule has 1 saturated heterocycles. The summed E-state index contributed by atoms with van der Waals surface area (Å²) in [5, 5.41) is 10.3. The molecule has 1 aliphatic rings. The van der Waals surface area contributed by atoms with Crippen molar-refractivity contribution in [1.29, 1.82) is 0 Å². The molecule has 0 unspecified atom stereocenters. The van der Waals surface area contributed by atoms with Crippen LogP contribution in [0.3, 0.4) is 0 Å². The number of aryl methyl sites for hydroxylation is 1. The van der Waals surface area contributed by atoms with Gasteiger partial charge in [0.15, 0.2) is 0 Å². The van der Waals surface area contributed by atoms with Gasteiger partial charge in [-0.3, -0.25) is 4.79 Å². The van der Waals surface area contributed by atoms with E-state index in [1.165, 1.54) is 11.3 Å². The molecule has 0 radical (unpaired) electrons. The first-order valence-corrected chi connectivity index (χ1v) is 8.49. The quantitative estimate of drug-likeness (QED) is 0.847. The zero-order valence-electron chi connectivity index (χ0n) is 11.0. The number of hydrogen-bond acceptors (Lipinski definition) is 5. The van der Waals surface area contributed by atoms with Crippen molar-refractivity contribution in [3.63, 3.8) is 0 Å². The Hall–Kier alpha value is -0.980. The van der Waals surface area contributed by atoms with E-state index in [4.69, 9.17) is 11.6 Å². The van der Waals surface area contributed by atoms with Gasteiger partial charge in [-0.2, -0.15) is 0 Å². The Labute approximate surface area is 130 Å². The molecule has 7 heteroatoms. The second kappa shape index (κ2) is 5.79. The van der Waals surface area contributed by atoms with Crippen LogP contribution in [0.1, 0.15) is 38.4 Å². The van der Waals surface area contributed by atoms with Crippen LogP contribution in [0, 0.1) is 6.92 Å². The predicted molar refractivity (Wildman–Crippen MR) is 81.9 cm³/mol. The average molecular weight is 328 g/mol. The number of carbonyl (C=O) groups excluding carboxylic acids is 1. The van der Waals surface area contributed by atoms with Crippen LogP contribution < -0.4 is 0 Å². The number of amides is 1. The zero-order chi connectivity index (χ0) is 14.1. The summed E-state index contributed by atoms with van der Waals surface area (Å²) < 4.78 is 0.654. The van der Waals surface area contributed by atoms with E-state index < -0.39 is 0 Å². The Kier molecular flexibility index (Phi) is 4.05. The van der Waals surface area contributed by atoms with Crippen LogP contribution in [0.2, 0.25) is 4.34 Å². The van der Waals surface area contributed by atoms with Crippen LogP contribution in [-0.4, -0.2) is 34.1 Å². The minimum absolute atomic E-state index is 0.0767. The van der Waals surface area contributed by atoms with E-state index in [0.29, 0.717) is 15.1 Å². The highest BCUT2D eigenvalue weighted by molar-refractivity contribution is 7.18. The Morgan fingerprint density at radius 1 is 1.40 bits per heavy atom. The molecule has 2 aromatic heterocycles. The molecule has 0 aliphatic carbocycles. The zero-order valence-corrected chi connectivity index (χ0v) is 13.4. The molecule has 3 heterocycles. The van der Waals surface area contributed by atoms with Crippen molar-refractivity contribution in [2.75, 3.05) is 13.1 Å². The van der Waals surface area contributed by atoms with Crippen LogP contribution in [0.25, 0.3) is 0 Å². The number of hydrogen-bond donors (Lipinski definition) is 0. The molecule has 4 nitrogen and oxygen atoms in total. The number of rotatable bonds is 2. The molecule has 1 amide bonds. The largest absolute Gasteiger partial charge is 0.337 e. The van der Waals surface area contributed by atoms with Gasteiger partial charge in [0.05, 0.1) is 9.21 Å². The van der Waals surface area contributed by atoms with Gasteiger partial charge in [-0.05, 0) is 31.9 Å². The fourth-order valence-corrected chi connectivity index (χ4v) is 4.26. The summed E-state index contributed by atoms with van der Waals surface area (Å²) in [6, 6.07) is 3.57. The number of carbonyl (C=O) groups is 1. The SMILES string of the molecule is Cc1nnc([C@@H]2CCCN(C(=O)c3ccc(Cl)s3)C2)s1. The molecule has 1 aliphatic heterocycles. The van der Waals surface area contributed by atoms with Gasteiger partial charge in [0, 0.05) is 19.0 Å². The molecular formula is C13H14ClN3OS2. The van der Waals surface area contributed by atoms with Gasteiger partial charge in [0.25, 0.3) is 5.91 Å². The summed E-state index contributed by atoms with van der Waals surface area (Å²) >= 11 is 8.87. The van der Waals surface area contributed by atoms with Crippen molar-refractivity contribution >= 4 is 40.2 Å². The van der Waals surface area contributed by atoms with Gasteiger partial charge in [-0.25, -0.2) is 0 Å². The van der Waals surface area contributed by atoms with Gasteiger partial charge in [0.1, 0.15) is 10.0 Å². The third-order valence-corrected chi connectivity index (χ3v) is 5.60. The first kappa shape index (κ1) is 14.0. The normalized spacial score (nSPS) is 19.3. The summed E-state index contributed by atoms with van der Waals surface area (Å²) in [5.74, 6) is 0.391. The van der Waals surface area contributed by atoms with E-state index in [1.54, 1.807) is 23.5 Å². The molecule has 106 valence electrons. The van der Waals surface area contributed by atoms with Gasteiger partial charge >= 0.3 is 0 Å².